The standard InChI is InChI=1S/C25H30N2O3/c1-27-23(17-13-15-19(30-2)16-14-17)22(20-11-7-8-12-21(20)25(27)29)24(28)26-18-9-5-3-4-6-10-18/h7-8,11-16,18,22-23H,3-6,9-10H2,1-2H3,(H,26,28)/t22-,23-/m1/s1. The first-order valence-electron chi connectivity index (χ1n) is 10.9. The first-order chi connectivity index (χ1) is 14.6. The van der Waals surface area contributed by atoms with E-state index in [9.17, 15) is 9.59 Å². The molecule has 0 unspecified atom stereocenters. The van der Waals surface area contributed by atoms with Gasteiger partial charge in [-0.05, 0) is 42.2 Å². The Balaban J connectivity index is 1.72. The minimum Gasteiger partial charge on any atom is -0.497 e. The first-order valence-corrected chi connectivity index (χ1v) is 10.9. The molecule has 30 heavy (non-hydrogen) atoms. The van der Waals surface area contributed by atoms with Crippen molar-refractivity contribution in [1.29, 1.82) is 0 Å². The van der Waals surface area contributed by atoms with Gasteiger partial charge in [0.05, 0.1) is 19.1 Å². The normalized spacial score (nSPS) is 22.2. The van der Waals surface area contributed by atoms with Crippen LogP contribution < -0.4 is 10.1 Å². The predicted octanol–water partition coefficient (Wildman–Crippen LogP) is 4.44. The second kappa shape index (κ2) is 8.90. The number of hydrogen-bond donors (Lipinski definition) is 1. The molecule has 2 amide bonds. The zero-order valence-electron chi connectivity index (χ0n) is 17.8. The zero-order valence-corrected chi connectivity index (χ0v) is 17.8. The van der Waals surface area contributed by atoms with Crippen molar-refractivity contribution in [1.82, 2.24) is 10.2 Å². The minimum absolute atomic E-state index is 0.00881. The Morgan fingerprint density at radius 1 is 1.00 bits per heavy atom. The Morgan fingerprint density at radius 2 is 1.67 bits per heavy atom. The number of nitrogens with one attached hydrogen (secondary N) is 1. The second-order valence-electron chi connectivity index (χ2n) is 8.40. The van der Waals surface area contributed by atoms with Crippen molar-refractivity contribution in [3.8, 4) is 5.75 Å². The van der Waals surface area contributed by atoms with E-state index in [0.717, 1.165) is 42.6 Å². The lowest BCUT2D eigenvalue weighted by Crippen LogP contribution is -2.47. The number of likely N-dealkylation sites (N-methyl/N-ethyl adjacent to an activating group) is 1. The van der Waals surface area contributed by atoms with Crippen LogP contribution in [0.2, 0.25) is 0 Å². The largest absolute Gasteiger partial charge is 0.497 e. The van der Waals surface area contributed by atoms with Gasteiger partial charge in [0.25, 0.3) is 5.91 Å². The van der Waals surface area contributed by atoms with E-state index in [4.69, 9.17) is 4.74 Å². The fourth-order valence-corrected chi connectivity index (χ4v) is 4.89. The van der Waals surface area contributed by atoms with Crippen molar-refractivity contribution in [2.75, 3.05) is 14.2 Å². The van der Waals surface area contributed by atoms with Crippen molar-refractivity contribution in [2.45, 2.75) is 56.5 Å². The van der Waals surface area contributed by atoms with E-state index in [0.29, 0.717) is 5.56 Å². The molecule has 2 atom stereocenters. The van der Waals surface area contributed by atoms with Gasteiger partial charge in [-0.25, -0.2) is 0 Å². The van der Waals surface area contributed by atoms with E-state index >= 15 is 0 Å². The van der Waals surface area contributed by atoms with Crippen LogP contribution in [0.25, 0.3) is 0 Å². The third kappa shape index (κ3) is 3.93. The fraction of sp³-hybridized carbons (Fsp3) is 0.440. The van der Waals surface area contributed by atoms with Crippen LogP contribution >= 0.6 is 0 Å². The number of carbonyl (C=O) groups is 2. The molecule has 2 aliphatic rings. The average molecular weight is 407 g/mol. The lowest BCUT2D eigenvalue weighted by atomic mass is 9.79. The van der Waals surface area contributed by atoms with Gasteiger partial charge in [-0.2, -0.15) is 0 Å². The maximum Gasteiger partial charge on any atom is 0.254 e. The van der Waals surface area contributed by atoms with Gasteiger partial charge in [-0.15, -0.1) is 0 Å². The Kier molecular flexibility index (Phi) is 6.07. The number of fused-ring (bicyclic) bond motifs is 1. The fourth-order valence-electron chi connectivity index (χ4n) is 4.89. The second-order valence-corrected chi connectivity index (χ2v) is 8.40. The molecule has 1 fully saturated rings. The highest BCUT2D eigenvalue weighted by Crippen LogP contribution is 2.42. The highest BCUT2D eigenvalue weighted by atomic mass is 16.5. The number of rotatable bonds is 4. The van der Waals surface area contributed by atoms with E-state index in [2.05, 4.69) is 5.32 Å². The van der Waals surface area contributed by atoms with Crippen LogP contribution in [0.4, 0.5) is 0 Å². The predicted molar refractivity (Wildman–Crippen MR) is 117 cm³/mol. The van der Waals surface area contributed by atoms with Gasteiger partial charge in [0.1, 0.15) is 5.75 Å². The van der Waals surface area contributed by atoms with Crippen molar-refractivity contribution in [3.05, 3.63) is 65.2 Å². The van der Waals surface area contributed by atoms with Crippen molar-refractivity contribution in [3.63, 3.8) is 0 Å². The summed E-state index contributed by atoms with van der Waals surface area (Å²) in [6, 6.07) is 15.0. The lowest BCUT2D eigenvalue weighted by molar-refractivity contribution is -0.124. The Morgan fingerprint density at radius 3 is 2.33 bits per heavy atom. The van der Waals surface area contributed by atoms with Gasteiger partial charge in [0.2, 0.25) is 5.91 Å². The molecule has 0 saturated heterocycles. The summed E-state index contributed by atoms with van der Waals surface area (Å²) in [5.74, 6) is 0.267. The van der Waals surface area contributed by atoms with E-state index in [1.165, 1.54) is 12.8 Å². The van der Waals surface area contributed by atoms with Crippen LogP contribution in [0.3, 0.4) is 0 Å². The van der Waals surface area contributed by atoms with E-state index in [1.54, 1.807) is 19.1 Å². The van der Waals surface area contributed by atoms with Crippen LogP contribution in [0.5, 0.6) is 5.75 Å². The molecule has 1 aliphatic heterocycles. The number of methoxy groups -OCH3 is 1. The molecular weight excluding hydrogens is 376 g/mol. The van der Waals surface area contributed by atoms with Crippen LogP contribution in [0.15, 0.2) is 48.5 Å². The molecule has 2 aromatic rings. The van der Waals surface area contributed by atoms with Gasteiger partial charge in [0.15, 0.2) is 0 Å². The van der Waals surface area contributed by atoms with Crippen LogP contribution in [0, 0.1) is 0 Å². The topological polar surface area (TPSA) is 58.6 Å². The molecule has 5 nitrogen and oxygen atoms in total. The summed E-state index contributed by atoms with van der Waals surface area (Å²) in [4.78, 5) is 28.4. The monoisotopic (exact) mass is 406 g/mol. The number of ether oxygens (including phenoxy) is 1. The van der Waals surface area contributed by atoms with E-state index < -0.39 is 5.92 Å². The summed E-state index contributed by atoms with van der Waals surface area (Å²) in [7, 11) is 3.42. The summed E-state index contributed by atoms with van der Waals surface area (Å²) >= 11 is 0. The molecule has 1 aliphatic carbocycles. The highest BCUT2D eigenvalue weighted by Gasteiger charge is 2.42. The number of nitrogens with zero attached hydrogens (tertiary/aromatic N) is 1. The van der Waals surface area contributed by atoms with E-state index in [-0.39, 0.29) is 23.9 Å². The first kappa shape index (κ1) is 20.5. The third-order valence-corrected chi connectivity index (χ3v) is 6.52. The van der Waals surface area contributed by atoms with Gasteiger partial charge >= 0.3 is 0 Å². The van der Waals surface area contributed by atoms with Gasteiger partial charge in [0, 0.05) is 18.7 Å². The molecule has 0 bridgehead atoms. The average Bonchev–Trinajstić information content (AvgIpc) is 3.04. The third-order valence-electron chi connectivity index (χ3n) is 6.52. The van der Waals surface area contributed by atoms with Gasteiger partial charge in [-0.1, -0.05) is 56.0 Å². The van der Waals surface area contributed by atoms with Crippen molar-refractivity contribution < 1.29 is 14.3 Å². The smallest absolute Gasteiger partial charge is 0.254 e. The summed E-state index contributed by atoms with van der Waals surface area (Å²) < 4.78 is 5.29. The molecular formula is C25H30N2O3. The number of hydrogen-bond acceptors (Lipinski definition) is 3. The maximum atomic E-state index is 13.6. The van der Waals surface area contributed by atoms with Gasteiger partial charge in [-0.3, -0.25) is 9.59 Å². The molecule has 2 aromatic carbocycles. The Labute approximate surface area is 178 Å². The molecule has 5 heteroatoms. The molecule has 4 rings (SSSR count). The van der Waals surface area contributed by atoms with Gasteiger partial charge < -0.3 is 15.0 Å². The quantitative estimate of drug-likeness (QED) is 0.764. The summed E-state index contributed by atoms with van der Waals surface area (Å²) in [5, 5.41) is 3.33. The molecule has 0 aromatic heterocycles. The zero-order chi connectivity index (χ0) is 21.1. The summed E-state index contributed by atoms with van der Waals surface area (Å²) in [6.07, 6.45) is 6.86. The lowest BCUT2D eigenvalue weighted by Gasteiger charge is -2.40. The number of carbonyl (C=O) groups excluding carboxylic acids is 2. The van der Waals surface area contributed by atoms with Crippen molar-refractivity contribution in [2.24, 2.45) is 0 Å². The summed E-state index contributed by atoms with van der Waals surface area (Å²) in [5.41, 5.74) is 2.36. The Bertz CT molecular complexity index is 901. The Hall–Kier alpha value is -2.82. The van der Waals surface area contributed by atoms with Crippen molar-refractivity contribution >= 4 is 11.8 Å². The molecule has 158 valence electrons. The molecule has 0 spiro atoms. The minimum atomic E-state index is -0.444. The molecule has 0 radical (unpaired) electrons. The maximum absolute atomic E-state index is 13.6. The summed E-state index contributed by atoms with van der Waals surface area (Å²) in [6.45, 7) is 0. The van der Waals surface area contributed by atoms with Crippen LogP contribution in [0.1, 0.15) is 72.0 Å². The van der Waals surface area contributed by atoms with Crippen LogP contribution in [-0.2, 0) is 4.79 Å². The molecule has 1 heterocycles. The van der Waals surface area contributed by atoms with Crippen LogP contribution in [-0.4, -0.2) is 36.9 Å². The van der Waals surface area contributed by atoms with E-state index in [1.807, 2.05) is 48.5 Å². The molecule has 1 saturated carbocycles. The highest BCUT2D eigenvalue weighted by molar-refractivity contribution is 6.01. The number of benzene rings is 2. The SMILES string of the molecule is COc1ccc([C@@H]2[C@H](C(=O)NC3CCCCCC3)c3ccccc3C(=O)N2C)cc1. The molecule has 1 N–H and O–H groups in total. The number of amides is 2.